The lowest BCUT2D eigenvalue weighted by Crippen LogP contribution is -2.38. The highest BCUT2D eigenvalue weighted by Gasteiger charge is 2.16. The molecule has 0 fully saturated rings. The predicted molar refractivity (Wildman–Crippen MR) is 159 cm³/mol. The third-order valence-corrected chi connectivity index (χ3v) is 6.34. The van der Waals surface area contributed by atoms with E-state index in [0.29, 0.717) is 41.1 Å². The summed E-state index contributed by atoms with van der Waals surface area (Å²) in [6.07, 6.45) is 1.99. The molecule has 3 aromatic carbocycles. The van der Waals surface area contributed by atoms with E-state index in [1.54, 1.807) is 12.1 Å². The Labute approximate surface area is 242 Å². The van der Waals surface area contributed by atoms with Crippen molar-refractivity contribution in [3.63, 3.8) is 0 Å². The van der Waals surface area contributed by atoms with Crippen molar-refractivity contribution in [1.29, 1.82) is 0 Å². The van der Waals surface area contributed by atoms with Crippen LogP contribution < -0.4 is 25.5 Å². The number of hydrogen-bond acceptors (Lipinski definition) is 6. The number of amides is 3. The number of anilines is 1. The lowest BCUT2D eigenvalue weighted by Gasteiger charge is -2.16. The topological polar surface area (TPSA) is 118 Å². The Morgan fingerprint density at radius 3 is 2.33 bits per heavy atom. The maximum atomic E-state index is 12.6. The molecule has 10 heteroatoms. The van der Waals surface area contributed by atoms with Crippen LogP contribution in [-0.2, 0) is 20.8 Å². The van der Waals surface area contributed by atoms with E-state index in [1.165, 1.54) is 6.21 Å². The van der Waals surface area contributed by atoms with Crippen molar-refractivity contribution >= 4 is 45.6 Å². The molecule has 0 spiro atoms. The van der Waals surface area contributed by atoms with Gasteiger partial charge in [0.15, 0.2) is 18.1 Å². The van der Waals surface area contributed by atoms with Gasteiger partial charge in [-0.1, -0.05) is 48.0 Å². The van der Waals surface area contributed by atoms with Crippen LogP contribution >= 0.6 is 15.9 Å². The Morgan fingerprint density at radius 1 is 0.950 bits per heavy atom. The SMILES string of the molecule is CCOc1cc(/C=N\NC(=O)C(=O)NCCc2ccccc2)cc(Br)c1OCC(=O)Nc1c(C)cc(C)cc1C. The largest absolute Gasteiger partial charge is 0.490 e. The maximum absolute atomic E-state index is 12.6. The molecule has 0 heterocycles. The molecule has 0 saturated carbocycles. The first kappa shape index (κ1) is 30.4. The van der Waals surface area contributed by atoms with Gasteiger partial charge in [0.05, 0.1) is 17.3 Å². The fourth-order valence-electron chi connectivity index (χ4n) is 4.02. The molecule has 0 saturated heterocycles. The second kappa shape index (κ2) is 14.8. The number of aryl methyl sites for hydroxylation is 3. The molecule has 3 aromatic rings. The number of ether oxygens (including phenoxy) is 2. The van der Waals surface area contributed by atoms with Crippen molar-refractivity contribution < 1.29 is 23.9 Å². The van der Waals surface area contributed by atoms with Crippen LogP contribution in [0.4, 0.5) is 5.69 Å². The van der Waals surface area contributed by atoms with Crippen LogP contribution in [0.25, 0.3) is 0 Å². The molecular formula is C30H33BrN4O5. The van der Waals surface area contributed by atoms with Crippen LogP contribution in [0.5, 0.6) is 11.5 Å². The van der Waals surface area contributed by atoms with Gasteiger partial charge >= 0.3 is 11.8 Å². The van der Waals surface area contributed by atoms with E-state index in [1.807, 2.05) is 70.2 Å². The van der Waals surface area contributed by atoms with Gasteiger partial charge in [0.25, 0.3) is 5.91 Å². The van der Waals surface area contributed by atoms with Gasteiger partial charge in [-0.15, -0.1) is 0 Å². The summed E-state index contributed by atoms with van der Waals surface area (Å²) in [5, 5.41) is 9.36. The zero-order valence-corrected chi connectivity index (χ0v) is 24.6. The number of benzene rings is 3. The standard InChI is InChI=1S/C30H33BrN4O5/c1-5-39-25-16-23(17-33-35-30(38)29(37)32-12-11-22-9-7-6-8-10-22)15-24(31)28(25)40-18-26(36)34-27-20(3)13-19(2)14-21(27)4/h6-10,13-17H,5,11-12,18H2,1-4H3,(H,32,37)(H,34,36)(H,35,38)/b33-17-. The number of carbonyl (C=O) groups excluding carboxylic acids is 3. The van der Waals surface area contributed by atoms with Gasteiger partial charge in [-0.05, 0) is 84.4 Å². The average Bonchev–Trinajstić information content (AvgIpc) is 2.91. The van der Waals surface area contributed by atoms with Gasteiger partial charge < -0.3 is 20.1 Å². The molecule has 3 N–H and O–H groups in total. The summed E-state index contributed by atoms with van der Waals surface area (Å²) in [7, 11) is 0. The molecule has 0 unspecified atom stereocenters. The first-order chi connectivity index (χ1) is 19.2. The Morgan fingerprint density at radius 2 is 1.65 bits per heavy atom. The van der Waals surface area contributed by atoms with Gasteiger partial charge in [0.1, 0.15) is 0 Å². The van der Waals surface area contributed by atoms with Crippen molar-refractivity contribution in [2.24, 2.45) is 5.10 Å². The highest BCUT2D eigenvalue weighted by atomic mass is 79.9. The van der Waals surface area contributed by atoms with Gasteiger partial charge in [0, 0.05) is 12.2 Å². The van der Waals surface area contributed by atoms with E-state index in [-0.39, 0.29) is 12.5 Å². The second-order valence-electron chi connectivity index (χ2n) is 9.06. The van der Waals surface area contributed by atoms with Gasteiger partial charge in [-0.2, -0.15) is 5.10 Å². The number of halogens is 1. The zero-order chi connectivity index (χ0) is 29.1. The summed E-state index contributed by atoms with van der Waals surface area (Å²) in [6, 6.07) is 17.0. The highest BCUT2D eigenvalue weighted by Crippen LogP contribution is 2.36. The third kappa shape index (κ3) is 8.94. The third-order valence-electron chi connectivity index (χ3n) is 5.75. The summed E-state index contributed by atoms with van der Waals surface area (Å²) >= 11 is 3.46. The lowest BCUT2D eigenvalue weighted by atomic mass is 10.1. The van der Waals surface area contributed by atoms with Crippen molar-refractivity contribution in [3.8, 4) is 11.5 Å². The Bertz CT molecular complexity index is 1370. The van der Waals surface area contributed by atoms with E-state index in [9.17, 15) is 14.4 Å². The first-order valence-electron chi connectivity index (χ1n) is 12.8. The summed E-state index contributed by atoms with van der Waals surface area (Å²) in [5.74, 6) is -1.22. The van der Waals surface area contributed by atoms with Crippen LogP contribution in [0.1, 0.15) is 34.7 Å². The van der Waals surface area contributed by atoms with Crippen LogP contribution in [0.2, 0.25) is 0 Å². The lowest BCUT2D eigenvalue weighted by molar-refractivity contribution is -0.139. The van der Waals surface area contributed by atoms with Crippen LogP contribution in [0, 0.1) is 20.8 Å². The monoisotopic (exact) mass is 608 g/mol. The Kier molecular flexibility index (Phi) is 11.3. The fraction of sp³-hybridized carbons (Fsp3) is 0.267. The van der Waals surface area contributed by atoms with Crippen molar-refractivity contribution in [3.05, 3.63) is 86.9 Å². The average molecular weight is 610 g/mol. The fourth-order valence-corrected chi connectivity index (χ4v) is 4.59. The highest BCUT2D eigenvalue weighted by molar-refractivity contribution is 9.10. The molecule has 9 nitrogen and oxygen atoms in total. The molecule has 0 aromatic heterocycles. The van der Waals surface area contributed by atoms with Crippen molar-refractivity contribution in [1.82, 2.24) is 10.7 Å². The number of nitrogens with one attached hydrogen (secondary N) is 3. The number of carbonyl (C=O) groups is 3. The smallest absolute Gasteiger partial charge is 0.329 e. The summed E-state index contributed by atoms with van der Waals surface area (Å²) < 4.78 is 12.0. The number of hydrazone groups is 1. The molecule has 40 heavy (non-hydrogen) atoms. The molecule has 3 rings (SSSR count). The molecule has 3 amide bonds. The quantitative estimate of drug-likeness (QED) is 0.167. The van der Waals surface area contributed by atoms with Gasteiger partial charge in [0.2, 0.25) is 0 Å². The van der Waals surface area contributed by atoms with E-state index >= 15 is 0 Å². The summed E-state index contributed by atoms with van der Waals surface area (Å²) in [6.45, 7) is 8.18. The molecular weight excluding hydrogens is 576 g/mol. The van der Waals surface area contributed by atoms with Crippen LogP contribution in [0.15, 0.2) is 64.2 Å². The van der Waals surface area contributed by atoms with Crippen molar-refractivity contribution in [2.75, 3.05) is 25.1 Å². The number of nitrogens with zero attached hydrogens (tertiary/aromatic N) is 1. The molecule has 0 aliphatic rings. The number of rotatable bonds is 11. The van der Waals surface area contributed by atoms with Gasteiger partial charge in [-0.3, -0.25) is 14.4 Å². The minimum absolute atomic E-state index is 0.228. The van der Waals surface area contributed by atoms with Crippen molar-refractivity contribution in [2.45, 2.75) is 34.1 Å². The summed E-state index contributed by atoms with van der Waals surface area (Å²) in [4.78, 5) is 36.7. The molecule has 0 bridgehead atoms. The molecule has 0 atom stereocenters. The summed E-state index contributed by atoms with van der Waals surface area (Å²) in [5.41, 5.74) is 7.69. The second-order valence-corrected chi connectivity index (χ2v) is 9.92. The van der Waals surface area contributed by atoms with E-state index in [2.05, 4.69) is 37.1 Å². The Hall–Kier alpha value is -4.18. The molecule has 0 aliphatic carbocycles. The number of hydrogen-bond donors (Lipinski definition) is 3. The van der Waals surface area contributed by atoms with Gasteiger partial charge in [-0.25, -0.2) is 5.43 Å². The van der Waals surface area contributed by atoms with Crippen LogP contribution in [0.3, 0.4) is 0 Å². The normalized spacial score (nSPS) is 10.7. The minimum atomic E-state index is -0.876. The van der Waals surface area contributed by atoms with E-state index in [4.69, 9.17) is 9.47 Å². The van der Waals surface area contributed by atoms with Crippen LogP contribution in [-0.4, -0.2) is 43.7 Å². The first-order valence-corrected chi connectivity index (χ1v) is 13.6. The Balaban J connectivity index is 1.57. The molecule has 0 radical (unpaired) electrons. The predicted octanol–water partition coefficient (Wildman–Crippen LogP) is 4.60. The van der Waals surface area contributed by atoms with E-state index in [0.717, 1.165) is 27.9 Å². The minimum Gasteiger partial charge on any atom is -0.490 e. The molecule has 0 aliphatic heterocycles. The maximum Gasteiger partial charge on any atom is 0.329 e. The zero-order valence-electron chi connectivity index (χ0n) is 23.0. The van der Waals surface area contributed by atoms with E-state index < -0.39 is 11.8 Å². The molecule has 210 valence electrons.